The molecule has 5 rings (SSSR count). The second-order valence-corrected chi connectivity index (χ2v) is 8.29. The predicted octanol–water partition coefficient (Wildman–Crippen LogP) is 4.91. The van der Waals surface area contributed by atoms with Gasteiger partial charge in [0, 0.05) is 16.0 Å². The van der Waals surface area contributed by atoms with Crippen LogP contribution in [-0.4, -0.2) is 42.7 Å². The van der Waals surface area contributed by atoms with Gasteiger partial charge < -0.3 is 18.6 Å². The van der Waals surface area contributed by atoms with E-state index in [2.05, 4.69) is 14.8 Å². The molecule has 0 aliphatic heterocycles. The molecule has 0 saturated carbocycles. The summed E-state index contributed by atoms with van der Waals surface area (Å²) >= 11 is 6.13. The molecule has 0 N–H and O–H groups in total. The van der Waals surface area contributed by atoms with E-state index in [0.29, 0.717) is 38.6 Å². The lowest BCUT2D eigenvalue weighted by Gasteiger charge is -2.12. The summed E-state index contributed by atoms with van der Waals surface area (Å²) in [6.45, 7) is -0.331. The number of ether oxygens (including phenoxy) is 3. The second kappa shape index (κ2) is 10.2. The standard InChI is InChI=1S/C27H20ClN3O6/c1-34-22-9-5-6-16(25(22)36-15-24(32)35-2)14-29-31-26(30-20-8-4-3-7-19(20)27(31)33)23-13-17-12-18(28)10-11-21(17)37-23/h3-14H,15H2,1-2H3. The molecule has 2 heterocycles. The van der Waals surface area contributed by atoms with Gasteiger partial charge in [-0.15, -0.1) is 0 Å². The van der Waals surface area contributed by atoms with Gasteiger partial charge in [0.1, 0.15) is 5.58 Å². The number of nitrogens with zero attached hydrogens (tertiary/aromatic N) is 3. The number of carbonyl (C=O) groups is 1. The summed E-state index contributed by atoms with van der Waals surface area (Å²) in [5.74, 6) is 0.625. The third kappa shape index (κ3) is 4.76. The molecule has 0 saturated heterocycles. The Kier molecular flexibility index (Phi) is 6.61. The van der Waals surface area contributed by atoms with Gasteiger partial charge >= 0.3 is 5.97 Å². The zero-order chi connectivity index (χ0) is 25.9. The van der Waals surface area contributed by atoms with Crippen LogP contribution in [0.3, 0.4) is 0 Å². The van der Waals surface area contributed by atoms with Crippen molar-refractivity contribution >= 4 is 45.7 Å². The fourth-order valence-electron chi connectivity index (χ4n) is 3.77. The summed E-state index contributed by atoms with van der Waals surface area (Å²) in [6.07, 6.45) is 1.43. The quantitative estimate of drug-likeness (QED) is 0.223. The highest BCUT2D eigenvalue weighted by Gasteiger charge is 2.17. The molecule has 0 amide bonds. The molecular formula is C27H20ClN3O6. The van der Waals surface area contributed by atoms with Gasteiger partial charge in [0.15, 0.2) is 23.9 Å². The van der Waals surface area contributed by atoms with Crippen LogP contribution in [0, 0.1) is 0 Å². The number of fused-ring (bicyclic) bond motifs is 2. The van der Waals surface area contributed by atoms with Gasteiger partial charge in [0.2, 0.25) is 5.82 Å². The molecule has 0 bridgehead atoms. The van der Waals surface area contributed by atoms with E-state index in [1.807, 2.05) is 0 Å². The highest BCUT2D eigenvalue weighted by atomic mass is 35.5. The van der Waals surface area contributed by atoms with E-state index in [1.165, 1.54) is 20.4 Å². The van der Waals surface area contributed by atoms with E-state index in [4.69, 9.17) is 25.5 Å². The van der Waals surface area contributed by atoms with Gasteiger partial charge in [-0.25, -0.2) is 9.78 Å². The maximum absolute atomic E-state index is 13.5. The van der Waals surface area contributed by atoms with E-state index in [0.717, 1.165) is 10.1 Å². The fraction of sp³-hybridized carbons (Fsp3) is 0.111. The average Bonchev–Trinajstić information content (AvgIpc) is 3.34. The molecule has 9 nitrogen and oxygen atoms in total. The van der Waals surface area contributed by atoms with Crippen LogP contribution >= 0.6 is 11.6 Å². The first-order valence-electron chi connectivity index (χ1n) is 11.1. The number of rotatable bonds is 7. The minimum absolute atomic E-state index is 0.201. The van der Waals surface area contributed by atoms with Crippen LogP contribution in [0.25, 0.3) is 33.5 Å². The third-order valence-corrected chi connectivity index (χ3v) is 5.79. The molecule has 37 heavy (non-hydrogen) atoms. The molecule has 0 radical (unpaired) electrons. The van der Waals surface area contributed by atoms with Gasteiger partial charge in [-0.3, -0.25) is 4.79 Å². The van der Waals surface area contributed by atoms with Crippen LogP contribution in [0.2, 0.25) is 5.02 Å². The molecule has 2 aromatic heterocycles. The molecule has 0 unspecified atom stereocenters. The number of carbonyl (C=O) groups excluding carboxylic acids is 1. The van der Waals surface area contributed by atoms with Crippen molar-refractivity contribution in [1.29, 1.82) is 0 Å². The lowest BCUT2D eigenvalue weighted by molar-refractivity contribution is -0.142. The van der Waals surface area contributed by atoms with E-state index in [1.54, 1.807) is 66.7 Å². The van der Waals surface area contributed by atoms with Gasteiger partial charge in [0.05, 0.1) is 31.3 Å². The van der Waals surface area contributed by atoms with E-state index in [9.17, 15) is 9.59 Å². The first kappa shape index (κ1) is 24.1. The lowest BCUT2D eigenvalue weighted by Crippen LogP contribution is -2.20. The molecule has 0 spiro atoms. The summed E-state index contributed by atoms with van der Waals surface area (Å²) in [5.41, 5.74) is 1.15. The number of methoxy groups -OCH3 is 2. The van der Waals surface area contributed by atoms with E-state index < -0.39 is 11.5 Å². The normalized spacial score (nSPS) is 11.3. The predicted molar refractivity (Wildman–Crippen MR) is 140 cm³/mol. The number of esters is 1. The Morgan fingerprint density at radius 2 is 1.95 bits per heavy atom. The van der Waals surface area contributed by atoms with Crippen molar-refractivity contribution in [2.75, 3.05) is 20.8 Å². The largest absolute Gasteiger partial charge is 0.493 e. The van der Waals surface area contributed by atoms with Crippen molar-refractivity contribution < 1.29 is 23.4 Å². The molecular weight excluding hydrogens is 498 g/mol. The Hall–Kier alpha value is -4.63. The van der Waals surface area contributed by atoms with Crippen molar-refractivity contribution in [2.45, 2.75) is 0 Å². The first-order valence-corrected chi connectivity index (χ1v) is 11.5. The number of benzene rings is 3. The summed E-state index contributed by atoms with van der Waals surface area (Å²) in [5, 5.41) is 6.15. The van der Waals surface area contributed by atoms with E-state index >= 15 is 0 Å². The minimum atomic E-state index is -0.559. The van der Waals surface area contributed by atoms with Gasteiger partial charge in [-0.1, -0.05) is 29.8 Å². The number of furan rings is 1. The highest BCUT2D eigenvalue weighted by molar-refractivity contribution is 6.31. The summed E-state index contributed by atoms with van der Waals surface area (Å²) in [4.78, 5) is 29.8. The Labute approximate surface area is 215 Å². The zero-order valence-electron chi connectivity index (χ0n) is 19.8. The number of halogens is 1. The second-order valence-electron chi connectivity index (χ2n) is 7.85. The van der Waals surface area contributed by atoms with Crippen LogP contribution in [0.4, 0.5) is 0 Å². The smallest absolute Gasteiger partial charge is 0.343 e. The van der Waals surface area contributed by atoms with Crippen molar-refractivity contribution in [3.8, 4) is 23.1 Å². The molecule has 186 valence electrons. The minimum Gasteiger partial charge on any atom is -0.493 e. The molecule has 5 aromatic rings. The van der Waals surface area contributed by atoms with Crippen molar-refractivity contribution in [1.82, 2.24) is 9.66 Å². The topological polar surface area (TPSA) is 105 Å². The number of aromatic nitrogens is 2. The Morgan fingerprint density at radius 1 is 1.11 bits per heavy atom. The van der Waals surface area contributed by atoms with Crippen molar-refractivity contribution in [3.63, 3.8) is 0 Å². The number of para-hydroxylation sites is 2. The Bertz CT molecular complexity index is 1720. The molecule has 10 heteroatoms. The van der Waals surface area contributed by atoms with Gasteiger partial charge in [-0.05, 0) is 48.5 Å². The summed E-state index contributed by atoms with van der Waals surface area (Å²) in [6, 6.07) is 19.1. The summed E-state index contributed by atoms with van der Waals surface area (Å²) < 4.78 is 22.8. The Balaban J connectivity index is 1.66. The van der Waals surface area contributed by atoms with Crippen LogP contribution in [-0.2, 0) is 9.53 Å². The van der Waals surface area contributed by atoms with Crippen LogP contribution in [0.1, 0.15) is 5.56 Å². The van der Waals surface area contributed by atoms with Crippen molar-refractivity contribution in [2.24, 2.45) is 5.10 Å². The maximum atomic E-state index is 13.5. The molecule has 3 aromatic carbocycles. The lowest BCUT2D eigenvalue weighted by atomic mass is 10.2. The van der Waals surface area contributed by atoms with Crippen LogP contribution < -0.4 is 15.0 Å². The highest BCUT2D eigenvalue weighted by Crippen LogP contribution is 2.31. The molecule has 0 aliphatic rings. The monoisotopic (exact) mass is 517 g/mol. The van der Waals surface area contributed by atoms with Crippen molar-refractivity contribution in [3.05, 3.63) is 87.7 Å². The molecule has 0 atom stereocenters. The molecule has 0 aliphatic carbocycles. The Morgan fingerprint density at radius 3 is 2.76 bits per heavy atom. The van der Waals surface area contributed by atoms with Gasteiger partial charge in [-0.2, -0.15) is 9.78 Å². The summed E-state index contributed by atoms with van der Waals surface area (Å²) in [7, 11) is 2.74. The first-order chi connectivity index (χ1) is 18.0. The van der Waals surface area contributed by atoms with Crippen LogP contribution in [0.15, 0.2) is 81.0 Å². The number of hydrogen-bond donors (Lipinski definition) is 0. The fourth-order valence-corrected chi connectivity index (χ4v) is 3.95. The van der Waals surface area contributed by atoms with Crippen LogP contribution in [0.5, 0.6) is 11.5 Å². The van der Waals surface area contributed by atoms with E-state index in [-0.39, 0.29) is 18.2 Å². The number of hydrogen-bond acceptors (Lipinski definition) is 8. The SMILES string of the molecule is COC(=O)COc1c(C=Nn2c(-c3cc4cc(Cl)ccc4o3)nc3ccccc3c2=O)cccc1OC. The third-order valence-electron chi connectivity index (χ3n) is 5.56. The molecule has 0 fully saturated rings. The maximum Gasteiger partial charge on any atom is 0.343 e. The zero-order valence-corrected chi connectivity index (χ0v) is 20.6. The average molecular weight is 518 g/mol. The van der Waals surface area contributed by atoms with Gasteiger partial charge in [0.25, 0.3) is 5.56 Å².